The fourth-order valence-electron chi connectivity index (χ4n) is 3.39. The van der Waals surface area contributed by atoms with Crippen molar-refractivity contribution < 1.29 is 17.4 Å². The molecule has 0 radical (unpaired) electrons. The lowest BCUT2D eigenvalue weighted by molar-refractivity contribution is -0.135. The van der Waals surface area contributed by atoms with Gasteiger partial charge in [0.05, 0.1) is 6.26 Å². The van der Waals surface area contributed by atoms with Crippen LogP contribution in [0.25, 0.3) is 15.7 Å². The maximum absolute atomic E-state index is 12.7. The van der Waals surface area contributed by atoms with Crippen molar-refractivity contribution in [2.75, 3.05) is 12.8 Å². The van der Waals surface area contributed by atoms with E-state index < -0.39 is 10.1 Å². The molecular weight excluding hydrogens is 354 g/mol. The van der Waals surface area contributed by atoms with E-state index in [9.17, 15) is 13.2 Å². The molecule has 1 aromatic heterocycles. The van der Waals surface area contributed by atoms with Crippen LogP contribution in [0.1, 0.15) is 25.3 Å². The molecule has 2 atom stereocenters. The van der Waals surface area contributed by atoms with Crippen LogP contribution in [0, 0.1) is 12.5 Å². The van der Waals surface area contributed by atoms with Gasteiger partial charge in [0.15, 0.2) is 0 Å². The third kappa shape index (κ3) is 3.83. The van der Waals surface area contributed by atoms with Crippen molar-refractivity contribution in [3.63, 3.8) is 0 Å². The second-order valence-electron chi connectivity index (χ2n) is 6.70. The largest absolute Gasteiger partial charge is 0.383 e. The lowest BCUT2D eigenvalue weighted by Gasteiger charge is -2.20. The molecule has 7 nitrogen and oxygen atoms in total. The van der Waals surface area contributed by atoms with Gasteiger partial charge in [0.2, 0.25) is 5.91 Å². The Hall–Kier alpha value is -2.53. The summed E-state index contributed by atoms with van der Waals surface area (Å²) in [6.07, 6.45) is 4.59. The van der Waals surface area contributed by atoms with Crippen LogP contribution in [0.4, 0.5) is 0 Å². The van der Waals surface area contributed by atoms with Gasteiger partial charge >= 0.3 is 16.3 Å². The molecule has 3 rings (SSSR count). The lowest BCUT2D eigenvalue weighted by atomic mass is 9.99. The molecular formula is C18H21N3O4S. The van der Waals surface area contributed by atoms with E-state index in [-0.39, 0.29) is 23.7 Å². The fourth-order valence-corrected chi connectivity index (χ4v) is 3.85. The SMILES string of the molecule is [C-]#[N+][C@@H]1CCCN1C(=O)[C@@H](C)Cc1c[nH]c2ccc(OS(C)(=O)=O)cc12. The van der Waals surface area contributed by atoms with Crippen LogP contribution >= 0.6 is 0 Å². The molecule has 1 aromatic carbocycles. The van der Waals surface area contributed by atoms with Gasteiger partial charge in [-0.3, -0.25) is 14.5 Å². The topological polar surface area (TPSA) is 83.8 Å². The van der Waals surface area contributed by atoms with E-state index in [1.165, 1.54) is 0 Å². The summed E-state index contributed by atoms with van der Waals surface area (Å²) in [7, 11) is -3.60. The van der Waals surface area contributed by atoms with Gasteiger partial charge in [-0.2, -0.15) is 8.42 Å². The Morgan fingerprint density at radius 2 is 2.27 bits per heavy atom. The van der Waals surface area contributed by atoms with Crippen LogP contribution in [0.15, 0.2) is 24.4 Å². The molecule has 1 N–H and O–H groups in total. The molecule has 8 heteroatoms. The number of H-pyrrole nitrogens is 1. The van der Waals surface area contributed by atoms with Gasteiger partial charge in [0.1, 0.15) is 5.75 Å². The molecule has 0 bridgehead atoms. The number of carbonyl (C=O) groups excluding carboxylic acids is 1. The maximum Gasteiger partial charge on any atom is 0.306 e. The van der Waals surface area contributed by atoms with Crippen molar-refractivity contribution in [3.05, 3.63) is 41.4 Å². The molecule has 138 valence electrons. The van der Waals surface area contributed by atoms with E-state index in [0.717, 1.165) is 35.6 Å². The van der Waals surface area contributed by atoms with E-state index in [4.69, 9.17) is 10.8 Å². The molecule has 0 saturated carbocycles. The second kappa shape index (κ2) is 7.00. The van der Waals surface area contributed by atoms with Crippen molar-refractivity contribution in [1.29, 1.82) is 0 Å². The van der Waals surface area contributed by atoms with Crippen molar-refractivity contribution in [3.8, 4) is 5.75 Å². The second-order valence-corrected chi connectivity index (χ2v) is 8.27. The molecule has 1 saturated heterocycles. The van der Waals surface area contributed by atoms with Crippen molar-refractivity contribution in [2.24, 2.45) is 5.92 Å². The molecule has 0 unspecified atom stereocenters. The number of rotatable bonds is 5. The highest BCUT2D eigenvalue weighted by Gasteiger charge is 2.35. The summed E-state index contributed by atoms with van der Waals surface area (Å²) < 4.78 is 27.6. The third-order valence-corrected chi connectivity index (χ3v) is 5.08. The number of amides is 1. The third-order valence-electron chi connectivity index (χ3n) is 4.59. The fraction of sp³-hybridized carbons (Fsp3) is 0.444. The first-order valence-corrected chi connectivity index (χ1v) is 10.3. The summed E-state index contributed by atoms with van der Waals surface area (Å²) in [5, 5.41) is 0.828. The van der Waals surface area contributed by atoms with Crippen LogP contribution < -0.4 is 4.18 Å². The number of fused-ring (bicyclic) bond motifs is 1. The molecule has 1 amide bonds. The zero-order valence-electron chi connectivity index (χ0n) is 14.7. The average Bonchev–Trinajstić information content (AvgIpc) is 3.19. The zero-order chi connectivity index (χ0) is 18.9. The lowest BCUT2D eigenvalue weighted by Crippen LogP contribution is -2.38. The predicted octanol–water partition coefficient (Wildman–Crippen LogP) is 2.55. The van der Waals surface area contributed by atoms with Crippen LogP contribution in [-0.2, 0) is 21.3 Å². The van der Waals surface area contributed by atoms with E-state index >= 15 is 0 Å². The predicted molar refractivity (Wildman–Crippen MR) is 98.0 cm³/mol. The van der Waals surface area contributed by atoms with Crippen LogP contribution in [0.2, 0.25) is 0 Å². The number of hydrogen-bond donors (Lipinski definition) is 1. The minimum atomic E-state index is -3.60. The van der Waals surface area contributed by atoms with Gasteiger partial charge in [-0.05, 0) is 36.6 Å². The van der Waals surface area contributed by atoms with Crippen LogP contribution in [0.3, 0.4) is 0 Å². The summed E-state index contributed by atoms with van der Waals surface area (Å²) in [4.78, 5) is 21.0. The van der Waals surface area contributed by atoms with E-state index in [1.807, 2.05) is 13.1 Å². The molecule has 26 heavy (non-hydrogen) atoms. The first-order chi connectivity index (χ1) is 12.3. The highest BCUT2D eigenvalue weighted by molar-refractivity contribution is 7.86. The number of aromatic amines is 1. The van der Waals surface area contributed by atoms with Gasteiger partial charge in [-0.25, -0.2) is 6.57 Å². The summed E-state index contributed by atoms with van der Waals surface area (Å²) >= 11 is 0. The Bertz CT molecular complexity index is 974. The van der Waals surface area contributed by atoms with Crippen LogP contribution in [-0.4, -0.2) is 43.2 Å². The van der Waals surface area contributed by atoms with Crippen molar-refractivity contribution in [1.82, 2.24) is 9.88 Å². The molecule has 1 aliphatic rings. The minimum absolute atomic E-state index is 0.0126. The van der Waals surface area contributed by atoms with Crippen molar-refractivity contribution >= 4 is 26.9 Å². The van der Waals surface area contributed by atoms with Gasteiger partial charge in [0.25, 0.3) is 0 Å². The number of nitrogens with one attached hydrogen (secondary N) is 1. The summed E-state index contributed by atoms with van der Waals surface area (Å²) in [6, 6.07) is 5.00. The Morgan fingerprint density at radius 3 is 2.96 bits per heavy atom. The Balaban J connectivity index is 1.81. The van der Waals surface area contributed by atoms with Gasteiger partial charge < -0.3 is 9.17 Å². The molecule has 0 aliphatic carbocycles. The van der Waals surface area contributed by atoms with E-state index in [0.29, 0.717) is 13.0 Å². The van der Waals surface area contributed by atoms with Gasteiger partial charge in [0, 0.05) is 36.0 Å². The Morgan fingerprint density at radius 1 is 1.50 bits per heavy atom. The Labute approximate surface area is 152 Å². The maximum atomic E-state index is 12.7. The zero-order valence-corrected chi connectivity index (χ0v) is 15.5. The van der Waals surface area contributed by atoms with Crippen molar-refractivity contribution in [2.45, 2.75) is 32.4 Å². The number of aromatic nitrogens is 1. The number of nitrogens with zero attached hydrogens (tertiary/aromatic N) is 2. The number of benzene rings is 1. The normalized spacial score (nSPS) is 18.7. The van der Waals surface area contributed by atoms with Crippen LogP contribution in [0.5, 0.6) is 5.75 Å². The summed E-state index contributed by atoms with van der Waals surface area (Å²) in [6.45, 7) is 9.72. The number of hydrogen-bond acceptors (Lipinski definition) is 4. The van der Waals surface area contributed by atoms with Gasteiger partial charge in [-0.15, -0.1) is 0 Å². The first kappa shape index (κ1) is 18.3. The molecule has 2 aromatic rings. The molecule has 0 spiro atoms. The highest BCUT2D eigenvalue weighted by atomic mass is 32.2. The molecule has 1 fully saturated rings. The Kier molecular flexibility index (Phi) is 4.92. The number of likely N-dealkylation sites (tertiary alicyclic amines) is 1. The average molecular weight is 375 g/mol. The molecule has 1 aliphatic heterocycles. The van der Waals surface area contributed by atoms with Gasteiger partial charge in [-0.1, -0.05) is 6.92 Å². The smallest absolute Gasteiger partial charge is 0.306 e. The molecule has 2 heterocycles. The summed E-state index contributed by atoms with van der Waals surface area (Å²) in [5.41, 5.74) is 1.76. The standard InChI is InChI=1S/C18H21N3O4S/c1-12(18(22)21-8-4-5-17(21)19-2)9-13-11-20-16-7-6-14(10-15(13)16)25-26(3,23)24/h6-7,10-12,17,20H,4-5,8-9H2,1,3H3/t12-,17-/m0/s1. The van der Waals surface area contributed by atoms with E-state index in [2.05, 4.69) is 9.83 Å². The quantitative estimate of drug-likeness (QED) is 0.643. The number of carbonyl (C=O) groups is 1. The highest BCUT2D eigenvalue weighted by Crippen LogP contribution is 2.28. The summed E-state index contributed by atoms with van der Waals surface area (Å²) in [5.74, 6) is -0.0373. The first-order valence-electron chi connectivity index (χ1n) is 8.45. The van der Waals surface area contributed by atoms with E-state index in [1.54, 1.807) is 23.1 Å². The monoisotopic (exact) mass is 375 g/mol. The minimum Gasteiger partial charge on any atom is -0.383 e.